The molecule has 0 radical (unpaired) electrons. The molecule has 0 bridgehead atoms. The highest BCUT2D eigenvalue weighted by atomic mass is 16.3. The molecule has 1 aliphatic carbocycles. The van der Waals surface area contributed by atoms with Gasteiger partial charge in [0.25, 0.3) is 0 Å². The van der Waals surface area contributed by atoms with Crippen LogP contribution in [0.25, 0.3) is 22.3 Å². The summed E-state index contributed by atoms with van der Waals surface area (Å²) >= 11 is 0. The van der Waals surface area contributed by atoms with Crippen molar-refractivity contribution in [3.8, 4) is 33.8 Å². The van der Waals surface area contributed by atoms with Crippen molar-refractivity contribution in [1.29, 1.82) is 0 Å². The molecule has 0 atom stereocenters. The third-order valence-electron chi connectivity index (χ3n) is 4.06. The summed E-state index contributed by atoms with van der Waals surface area (Å²) in [6, 6.07) is 19.3. The first-order valence-electron chi connectivity index (χ1n) is 6.96. The summed E-state index contributed by atoms with van der Waals surface area (Å²) in [5.41, 5.74) is 7.00. The zero-order chi connectivity index (χ0) is 14.4. The molecule has 21 heavy (non-hydrogen) atoms. The second-order valence-electron chi connectivity index (χ2n) is 5.40. The Morgan fingerprint density at radius 1 is 0.667 bits per heavy atom. The zero-order valence-electron chi connectivity index (χ0n) is 11.4. The van der Waals surface area contributed by atoms with Gasteiger partial charge >= 0.3 is 0 Å². The molecular weight excluding hydrogens is 260 g/mol. The van der Waals surface area contributed by atoms with Gasteiger partial charge in [0, 0.05) is 6.07 Å². The average molecular weight is 274 g/mol. The monoisotopic (exact) mass is 274 g/mol. The third kappa shape index (κ3) is 1.88. The molecule has 2 heteroatoms. The lowest BCUT2D eigenvalue weighted by atomic mass is 9.95. The van der Waals surface area contributed by atoms with Gasteiger partial charge in [0.2, 0.25) is 0 Å². The number of hydrogen-bond acceptors (Lipinski definition) is 2. The van der Waals surface area contributed by atoms with E-state index in [-0.39, 0.29) is 11.5 Å². The Labute approximate surface area is 122 Å². The van der Waals surface area contributed by atoms with Crippen LogP contribution >= 0.6 is 0 Å². The molecule has 0 heterocycles. The van der Waals surface area contributed by atoms with Gasteiger partial charge in [-0.2, -0.15) is 0 Å². The van der Waals surface area contributed by atoms with E-state index >= 15 is 0 Å². The highest BCUT2D eigenvalue weighted by Gasteiger charge is 2.21. The Morgan fingerprint density at radius 2 is 1.33 bits per heavy atom. The van der Waals surface area contributed by atoms with Crippen molar-refractivity contribution in [2.75, 3.05) is 0 Å². The van der Waals surface area contributed by atoms with Gasteiger partial charge in [-0.05, 0) is 51.9 Å². The lowest BCUT2D eigenvalue weighted by molar-refractivity contribution is 0.451. The maximum atomic E-state index is 9.72. The molecule has 0 spiro atoms. The normalized spacial score (nSPS) is 12.0. The average Bonchev–Trinajstić information content (AvgIpc) is 2.84. The molecule has 2 nitrogen and oxygen atoms in total. The van der Waals surface area contributed by atoms with Crippen LogP contribution in [-0.4, -0.2) is 10.2 Å². The van der Waals surface area contributed by atoms with Crippen LogP contribution in [0.2, 0.25) is 0 Å². The van der Waals surface area contributed by atoms with Gasteiger partial charge < -0.3 is 10.2 Å². The molecule has 0 saturated carbocycles. The summed E-state index contributed by atoms with van der Waals surface area (Å²) < 4.78 is 0. The largest absolute Gasteiger partial charge is 0.508 e. The maximum absolute atomic E-state index is 9.72. The van der Waals surface area contributed by atoms with Gasteiger partial charge in [-0.15, -0.1) is 0 Å². The van der Waals surface area contributed by atoms with Gasteiger partial charge in [0.05, 0.1) is 0 Å². The molecule has 4 rings (SSSR count). The molecular formula is C19H14O2. The SMILES string of the molecule is Oc1cc(O)cc(-c2cccc3c2Cc2ccccc2-3)c1. The van der Waals surface area contributed by atoms with Crippen molar-refractivity contribution in [3.63, 3.8) is 0 Å². The van der Waals surface area contributed by atoms with Crippen LogP contribution in [0.15, 0.2) is 60.7 Å². The predicted octanol–water partition coefficient (Wildman–Crippen LogP) is 4.34. The van der Waals surface area contributed by atoms with E-state index in [0.29, 0.717) is 0 Å². The second-order valence-corrected chi connectivity index (χ2v) is 5.40. The van der Waals surface area contributed by atoms with Crippen LogP contribution in [-0.2, 0) is 6.42 Å². The standard InChI is InChI=1S/C19H14O2/c20-14-8-13(9-15(21)11-14)17-6-3-7-18-16-5-2-1-4-12(16)10-19(17)18/h1-9,11,20-21H,10H2. The highest BCUT2D eigenvalue weighted by Crippen LogP contribution is 2.42. The summed E-state index contributed by atoms with van der Waals surface area (Å²) in [6.07, 6.45) is 0.887. The fraction of sp³-hybridized carbons (Fsp3) is 0.0526. The van der Waals surface area contributed by atoms with E-state index in [1.807, 2.05) is 12.1 Å². The van der Waals surface area contributed by atoms with E-state index in [0.717, 1.165) is 17.5 Å². The van der Waals surface area contributed by atoms with Crippen LogP contribution in [0.4, 0.5) is 0 Å². The van der Waals surface area contributed by atoms with E-state index in [9.17, 15) is 10.2 Å². The van der Waals surface area contributed by atoms with Crippen LogP contribution < -0.4 is 0 Å². The van der Waals surface area contributed by atoms with E-state index in [4.69, 9.17) is 0 Å². The molecule has 0 unspecified atom stereocenters. The molecule has 1 aliphatic rings. The van der Waals surface area contributed by atoms with Crippen LogP contribution in [0, 0.1) is 0 Å². The molecule has 0 saturated heterocycles. The highest BCUT2D eigenvalue weighted by molar-refractivity contribution is 5.85. The topological polar surface area (TPSA) is 40.5 Å². The third-order valence-corrected chi connectivity index (χ3v) is 4.06. The predicted molar refractivity (Wildman–Crippen MR) is 83.4 cm³/mol. The number of benzene rings is 3. The quantitative estimate of drug-likeness (QED) is 0.542. The van der Waals surface area contributed by atoms with Crippen molar-refractivity contribution in [1.82, 2.24) is 0 Å². The first-order valence-corrected chi connectivity index (χ1v) is 6.96. The fourth-order valence-electron chi connectivity index (χ4n) is 3.18. The molecule has 3 aromatic rings. The summed E-state index contributed by atoms with van der Waals surface area (Å²) in [6.45, 7) is 0. The van der Waals surface area contributed by atoms with Gasteiger partial charge in [-0.1, -0.05) is 42.5 Å². The summed E-state index contributed by atoms with van der Waals surface area (Å²) in [7, 11) is 0. The fourth-order valence-corrected chi connectivity index (χ4v) is 3.18. The molecule has 0 fully saturated rings. The summed E-state index contributed by atoms with van der Waals surface area (Å²) in [5, 5.41) is 19.4. The summed E-state index contributed by atoms with van der Waals surface area (Å²) in [4.78, 5) is 0. The van der Waals surface area contributed by atoms with Gasteiger partial charge in [0.15, 0.2) is 0 Å². The molecule has 102 valence electrons. The van der Waals surface area contributed by atoms with Crippen molar-refractivity contribution < 1.29 is 10.2 Å². The second kappa shape index (κ2) is 4.38. The van der Waals surface area contributed by atoms with Crippen molar-refractivity contribution >= 4 is 0 Å². The lowest BCUT2D eigenvalue weighted by Crippen LogP contribution is -1.88. The zero-order valence-corrected chi connectivity index (χ0v) is 11.4. The molecule has 3 aromatic carbocycles. The van der Waals surface area contributed by atoms with E-state index in [1.54, 1.807) is 12.1 Å². The Bertz CT molecular complexity index is 830. The Balaban J connectivity index is 1.94. The van der Waals surface area contributed by atoms with Crippen molar-refractivity contribution in [2.45, 2.75) is 6.42 Å². The number of phenolic OH excluding ortho intramolecular Hbond substituents is 2. The Kier molecular flexibility index (Phi) is 2.51. The summed E-state index contributed by atoms with van der Waals surface area (Å²) in [5.74, 6) is 0.163. The minimum atomic E-state index is 0.0816. The van der Waals surface area contributed by atoms with Crippen LogP contribution in [0.5, 0.6) is 11.5 Å². The van der Waals surface area contributed by atoms with Gasteiger partial charge in [-0.3, -0.25) is 0 Å². The number of hydrogen-bond donors (Lipinski definition) is 2. The molecule has 0 amide bonds. The smallest absolute Gasteiger partial charge is 0.119 e. The van der Waals surface area contributed by atoms with Crippen molar-refractivity contribution in [2.24, 2.45) is 0 Å². The minimum absolute atomic E-state index is 0.0816. The van der Waals surface area contributed by atoms with E-state index < -0.39 is 0 Å². The van der Waals surface area contributed by atoms with E-state index in [2.05, 4.69) is 30.3 Å². The Morgan fingerprint density at radius 3 is 2.14 bits per heavy atom. The van der Waals surface area contributed by atoms with Crippen LogP contribution in [0.1, 0.15) is 11.1 Å². The first kappa shape index (κ1) is 12.0. The molecule has 0 aliphatic heterocycles. The van der Waals surface area contributed by atoms with E-state index in [1.165, 1.54) is 28.3 Å². The number of phenols is 2. The maximum Gasteiger partial charge on any atom is 0.119 e. The van der Waals surface area contributed by atoms with Gasteiger partial charge in [-0.25, -0.2) is 0 Å². The number of aromatic hydroxyl groups is 2. The molecule has 2 N–H and O–H groups in total. The number of rotatable bonds is 1. The number of fused-ring (bicyclic) bond motifs is 3. The van der Waals surface area contributed by atoms with Crippen LogP contribution in [0.3, 0.4) is 0 Å². The van der Waals surface area contributed by atoms with Gasteiger partial charge in [0.1, 0.15) is 11.5 Å². The van der Waals surface area contributed by atoms with Crippen molar-refractivity contribution in [3.05, 3.63) is 71.8 Å². The first-order chi connectivity index (χ1) is 10.2. The lowest BCUT2D eigenvalue weighted by Gasteiger charge is -2.10. The minimum Gasteiger partial charge on any atom is -0.508 e. The molecule has 0 aromatic heterocycles. The Hall–Kier alpha value is -2.74.